The number of halogens is 1. The molecule has 1 aliphatic heterocycles. The van der Waals surface area contributed by atoms with Gasteiger partial charge < -0.3 is 10.2 Å². The number of rotatable bonds is 2. The third kappa shape index (κ3) is 1.49. The second-order valence-corrected chi connectivity index (χ2v) is 4.81. The summed E-state index contributed by atoms with van der Waals surface area (Å²) >= 11 is 3.47. The maximum atomic E-state index is 4.52. The number of aromatic nitrogens is 3. The van der Waals surface area contributed by atoms with Crippen molar-refractivity contribution in [2.24, 2.45) is 0 Å². The topological polar surface area (TPSA) is 45.5 Å². The summed E-state index contributed by atoms with van der Waals surface area (Å²) in [4.78, 5) is 6.64. The molecule has 1 fully saturated rings. The van der Waals surface area contributed by atoms with Gasteiger partial charge in [-0.3, -0.25) is 0 Å². The maximum Gasteiger partial charge on any atom is 0.245 e. The average molecular weight is 282 g/mol. The summed E-state index contributed by atoms with van der Waals surface area (Å²) < 4.78 is 2.76. The van der Waals surface area contributed by atoms with E-state index < -0.39 is 0 Å². The van der Waals surface area contributed by atoms with Crippen LogP contribution in [0.15, 0.2) is 22.8 Å². The molecular formula is C10H12BrN5. The molecule has 1 aliphatic rings. The van der Waals surface area contributed by atoms with Crippen LogP contribution in [-0.4, -0.2) is 40.8 Å². The van der Waals surface area contributed by atoms with Gasteiger partial charge in [0.2, 0.25) is 5.95 Å². The summed E-state index contributed by atoms with van der Waals surface area (Å²) in [6.07, 6.45) is 1.91. The Morgan fingerprint density at radius 2 is 2.38 bits per heavy atom. The van der Waals surface area contributed by atoms with Gasteiger partial charge in [-0.25, -0.2) is 4.52 Å². The molecule has 6 heteroatoms. The van der Waals surface area contributed by atoms with E-state index in [-0.39, 0.29) is 0 Å². The van der Waals surface area contributed by atoms with Gasteiger partial charge in [0.05, 0.1) is 10.5 Å². The van der Waals surface area contributed by atoms with Gasteiger partial charge in [0.25, 0.3) is 0 Å². The minimum atomic E-state index is 0.510. The minimum Gasteiger partial charge on any atom is -0.337 e. The van der Waals surface area contributed by atoms with Gasteiger partial charge in [0, 0.05) is 26.3 Å². The predicted octanol–water partition coefficient (Wildman–Crippen LogP) is 0.900. The zero-order valence-electron chi connectivity index (χ0n) is 8.89. The summed E-state index contributed by atoms with van der Waals surface area (Å²) in [5, 5.41) is 7.69. The standard InChI is InChI=1S/C10H12BrN5/c1-15(7-5-12-6-7)10-13-9-8(11)3-2-4-16(9)14-10/h2-4,7,12H,5-6H2,1H3. The molecule has 1 N–H and O–H groups in total. The quantitative estimate of drug-likeness (QED) is 0.889. The van der Waals surface area contributed by atoms with Crippen molar-refractivity contribution in [2.45, 2.75) is 6.04 Å². The lowest BCUT2D eigenvalue weighted by atomic mass is 10.1. The van der Waals surface area contributed by atoms with E-state index in [1.54, 1.807) is 4.52 Å². The van der Waals surface area contributed by atoms with Crippen LogP contribution in [0.4, 0.5) is 5.95 Å². The first kappa shape index (κ1) is 10.0. The molecule has 0 atom stereocenters. The van der Waals surface area contributed by atoms with Crippen molar-refractivity contribution in [3.05, 3.63) is 22.8 Å². The van der Waals surface area contributed by atoms with Gasteiger partial charge in [0.15, 0.2) is 5.65 Å². The van der Waals surface area contributed by atoms with Crippen molar-refractivity contribution >= 4 is 27.5 Å². The maximum absolute atomic E-state index is 4.52. The Morgan fingerprint density at radius 1 is 1.56 bits per heavy atom. The van der Waals surface area contributed by atoms with E-state index >= 15 is 0 Å². The van der Waals surface area contributed by atoms with E-state index in [0.29, 0.717) is 6.04 Å². The Balaban J connectivity index is 2.01. The van der Waals surface area contributed by atoms with Gasteiger partial charge in [0.1, 0.15) is 0 Å². The fourth-order valence-electron chi connectivity index (χ4n) is 1.72. The molecule has 0 saturated carbocycles. The molecule has 16 heavy (non-hydrogen) atoms. The first-order valence-electron chi connectivity index (χ1n) is 5.20. The van der Waals surface area contributed by atoms with Crippen molar-refractivity contribution in [2.75, 3.05) is 25.0 Å². The molecule has 0 amide bonds. The second kappa shape index (κ2) is 3.71. The Bertz CT molecular complexity index is 519. The van der Waals surface area contributed by atoms with Gasteiger partial charge >= 0.3 is 0 Å². The number of fused-ring (bicyclic) bond motifs is 1. The Kier molecular flexibility index (Phi) is 2.33. The van der Waals surface area contributed by atoms with E-state index in [0.717, 1.165) is 29.2 Å². The fourth-order valence-corrected chi connectivity index (χ4v) is 2.15. The van der Waals surface area contributed by atoms with Crippen LogP contribution >= 0.6 is 15.9 Å². The average Bonchev–Trinajstić information content (AvgIpc) is 2.60. The lowest BCUT2D eigenvalue weighted by molar-refractivity contribution is 0.424. The number of hydrogen-bond donors (Lipinski definition) is 1. The Labute approximate surface area is 102 Å². The molecule has 0 spiro atoms. The first-order valence-corrected chi connectivity index (χ1v) is 5.99. The van der Waals surface area contributed by atoms with Crippen LogP contribution in [0.1, 0.15) is 0 Å². The number of anilines is 1. The number of pyridine rings is 1. The minimum absolute atomic E-state index is 0.510. The van der Waals surface area contributed by atoms with Crippen LogP contribution in [0.25, 0.3) is 5.65 Å². The summed E-state index contributed by atoms with van der Waals surface area (Å²) in [7, 11) is 2.04. The third-order valence-electron chi connectivity index (χ3n) is 2.93. The van der Waals surface area contributed by atoms with Crippen LogP contribution in [0, 0.1) is 0 Å². The molecule has 5 nitrogen and oxygen atoms in total. The van der Waals surface area contributed by atoms with Crippen LogP contribution < -0.4 is 10.2 Å². The molecule has 3 rings (SSSR count). The molecule has 2 aromatic heterocycles. The van der Waals surface area contributed by atoms with Crippen molar-refractivity contribution in [1.29, 1.82) is 0 Å². The Hall–Kier alpha value is -1.14. The molecule has 0 radical (unpaired) electrons. The highest BCUT2D eigenvalue weighted by Gasteiger charge is 2.24. The molecular weight excluding hydrogens is 270 g/mol. The second-order valence-electron chi connectivity index (χ2n) is 3.96. The van der Waals surface area contributed by atoms with E-state index in [9.17, 15) is 0 Å². The van der Waals surface area contributed by atoms with Gasteiger partial charge in [-0.05, 0) is 28.1 Å². The largest absolute Gasteiger partial charge is 0.337 e. The zero-order chi connectivity index (χ0) is 11.1. The van der Waals surface area contributed by atoms with Crippen LogP contribution in [0.5, 0.6) is 0 Å². The molecule has 0 aliphatic carbocycles. The SMILES string of the molecule is CN(c1nc2c(Br)cccn2n1)C1CNC1. The first-order chi connectivity index (χ1) is 7.75. The zero-order valence-corrected chi connectivity index (χ0v) is 10.5. The molecule has 3 heterocycles. The lowest BCUT2D eigenvalue weighted by Crippen LogP contribution is -2.56. The molecule has 0 aromatic carbocycles. The predicted molar refractivity (Wildman–Crippen MR) is 65.7 cm³/mol. The van der Waals surface area contributed by atoms with Crippen LogP contribution in [0.2, 0.25) is 0 Å². The summed E-state index contributed by atoms with van der Waals surface area (Å²) in [6.45, 7) is 2.01. The summed E-state index contributed by atoms with van der Waals surface area (Å²) in [5.74, 6) is 0.776. The normalized spacial score (nSPS) is 16.4. The number of hydrogen-bond acceptors (Lipinski definition) is 4. The fraction of sp³-hybridized carbons (Fsp3) is 0.400. The highest BCUT2D eigenvalue weighted by molar-refractivity contribution is 9.10. The third-order valence-corrected chi connectivity index (χ3v) is 3.55. The number of likely N-dealkylation sites (N-methyl/N-ethyl adjacent to an activating group) is 1. The molecule has 84 valence electrons. The summed E-state index contributed by atoms with van der Waals surface area (Å²) in [6, 6.07) is 4.43. The highest BCUT2D eigenvalue weighted by atomic mass is 79.9. The Morgan fingerprint density at radius 3 is 3.00 bits per heavy atom. The smallest absolute Gasteiger partial charge is 0.245 e. The van der Waals surface area contributed by atoms with Crippen molar-refractivity contribution in [3.63, 3.8) is 0 Å². The lowest BCUT2D eigenvalue weighted by Gasteiger charge is -2.34. The van der Waals surface area contributed by atoms with Gasteiger partial charge in [-0.1, -0.05) is 0 Å². The van der Waals surface area contributed by atoms with E-state index in [1.165, 1.54) is 0 Å². The van der Waals surface area contributed by atoms with E-state index in [1.807, 2.05) is 25.4 Å². The summed E-state index contributed by atoms with van der Waals surface area (Å²) in [5.41, 5.74) is 0.858. The monoisotopic (exact) mass is 281 g/mol. The van der Waals surface area contributed by atoms with Crippen molar-refractivity contribution in [1.82, 2.24) is 19.9 Å². The molecule has 2 aromatic rings. The molecule has 1 saturated heterocycles. The molecule has 0 bridgehead atoms. The van der Waals surface area contributed by atoms with Crippen LogP contribution in [-0.2, 0) is 0 Å². The van der Waals surface area contributed by atoms with E-state index in [2.05, 4.69) is 36.2 Å². The van der Waals surface area contributed by atoms with Gasteiger partial charge in [-0.2, -0.15) is 4.98 Å². The number of nitrogens with one attached hydrogen (secondary N) is 1. The molecule has 0 unspecified atom stereocenters. The van der Waals surface area contributed by atoms with Crippen molar-refractivity contribution in [3.8, 4) is 0 Å². The highest BCUT2D eigenvalue weighted by Crippen LogP contribution is 2.19. The number of nitrogens with zero attached hydrogens (tertiary/aromatic N) is 4. The van der Waals surface area contributed by atoms with Crippen LogP contribution in [0.3, 0.4) is 0 Å². The van der Waals surface area contributed by atoms with Gasteiger partial charge in [-0.15, -0.1) is 5.10 Å². The van der Waals surface area contributed by atoms with Crippen molar-refractivity contribution < 1.29 is 0 Å². The van der Waals surface area contributed by atoms with E-state index in [4.69, 9.17) is 0 Å².